The van der Waals surface area contributed by atoms with Crippen molar-refractivity contribution in [1.29, 1.82) is 0 Å². The molecule has 1 aromatic heterocycles. The molecule has 12 nitrogen and oxygen atoms in total. The molecule has 3 atom stereocenters. The van der Waals surface area contributed by atoms with Crippen LogP contribution < -0.4 is 26.6 Å². The zero-order valence-corrected chi connectivity index (χ0v) is 23.0. The number of aromatic nitrogens is 1. The van der Waals surface area contributed by atoms with Gasteiger partial charge in [-0.25, -0.2) is 9.59 Å². The molecular formula is C28H38N6O6. The lowest BCUT2D eigenvalue weighted by Gasteiger charge is -2.23. The third-order valence-electron chi connectivity index (χ3n) is 6.61. The van der Waals surface area contributed by atoms with Gasteiger partial charge in [-0.15, -0.1) is 0 Å². The summed E-state index contributed by atoms with van der Waals surface area (Å²) < 4.78 is 4.70. The van der Waals surface area contributed by atoms with E-state index in [1.807, 2.05) is 30.5 Å². The minimum Gasteiger partial charge on any atom is -0.467 e. The number of carbonyl (C=O) groups excluding carboxylic acids is 5. The van der Waals surface area contributed by atoms with E-state index in [-0.39, 0.29) is 17.7 Å². The van der Waals surface area contributed by atoms with Crippen LogP contribution >= 0.6 is 0 Å². The molecule has 1 aromatic carbocycles. The molecular weight excluding hydrogens is 516 g/mol. The number of hydrogen-bond donors (Lipinski definition) is 6. The summed E-state index contributed by atoms with van der Waals surface area (Å²) in [6, 6.07) is 4.88. The van der Waals surface area contributed by atoms with Crippen LogP contribution in [0.2, 0.25) is 0 Å². The molecule has 2 aromatic rings. The van der Waals surface area contributed by atoms with Gasteiger partial charge in [0.2, 0.25) is 17.7 Å². The first-order valence-corrected chi connectivity index (χ1v) is 13.4. The van der Waals surface area contributed by atoms with Gasteiger partial charge in [-0.05, 0) is 43.2 Å². The standard InChI is InChI=1S/C28H38N6O6/c1-17(2)25(27(38)40-3)34-28(39)31-16-24(36)33-22-10-6-7-13-29-23(35)12-11-19(32-26(22)37)14-18-15-30-21-9-5-4-8-20(18)21/h4-5,8-9,11-12,15,17,19,22,25,30H,6-7,10,13-14,16H2,1-3H3,(H,29,35)(H,32,37)(H,33,36)(H2,31,34,39)/b12-11+/t19-,22+,25+/m1/s1. The number of hydrogen-bond acceptors (Lipinski definition) is 6. The number of rotatable bonds is 8. The number of ether oxygens (including phenoxy) is 1. The normalized spacial score (nSPS) is 19.8. The number of methoxy groups -OCH3 is 1. The third-order valence-corrected chi connectivity index (χ3v) is 6.61. The summed E-state index contributed by atoms with van der Waals surface area (Å²) in [6.45, 7) is 3.56. The third kappa shape index (κ3) is 8.85. The molecule has 3 rings (SSSR count). The highest BCUT2D eigenvalue weighted by Gasteiger charge is 2.26. The Morgan fingerprint density at radius 3 is 2.65 bits per heavy atom. The molecule has 0 aliphatic carbocycles. The van der Waals surface area contributed by atoms with Gasteiger partial charge in [0, 0.05) is 29.7 Å². The predicted molar refractivity (Wildman–Crippen MR) is 149 cm³/mol. The topological polar surface area (TPSA) is 171 Å². The molecule has 5 amide bonds. The molecule has 216 valence electrons. The fourth-order valence-corrected chi connectivity index (χ4v) is 4.43. The molecule has 0 saturated carbocycles. The predicted octanol–water partition coefficient (Wildman–Crippen LogP) is 1.03. The molecule has 2 heterocycles. The Labute approximate surface area is 233 Å². The van der Waals surface area contributed by atoms with Gasteiger partial charge >= 0.3 is 12.0 Å². The number of fused-ring (bicyclic) bond motifs is 1. The van der Waals surface area contributed by atoms with Crippen LogP contribution in [0.25, 0.3) is 10.9 Å². The monoisotopic (exact) mass is 554 g/mol. The average molecular weight is 555 g/mol. The van der Waals surface area contributed by atoms with E-state index in [1.54, 1.807) is 19.9 Å². The van der Waals surface area contributed by atoms with E-state index >= 15 is 0 Å². The van der Waals surface area contributed by atoms with E-state index in [1.165, 1.54) is 13.2 Å². The molecule has 12 heteroatoms. The summed E-state index contributed by atoms with van der Waals surface area (Å²) in [6.07, 6.45) is 6.92. The summed E-state index contributed by atoms with van der Waals surface area (Å²) in [5.74, 6) is -1.99. The summed E-state index contributed by atoms with van der Waals surface area (Å²) in [7, 11) is 1.23. The number of benzene rings is 1. The molecule has 40 heavy (non-hydrogen) atoms. The van der Waals surface area contributed by atoms with Crippen LogP contribution in [-0.4, -0.2) is 73.0 Å². The van der Waals surface area contributed by atoms with Crippen molar-refractivity contribution in [2.45, 2.75) is 57.7 Å². The molecule has 0 saturated heterocycles. The highest BCUT2D eigenvalue weighted by Crippen LogP contribution is 2.19. The molecule has 0 unspecified atom stereocenters. The van der Waals surface area contributed by atoms with E-state index in [4.69, 9.17) is 4.74 Å². The number of nitrogens with one attached hydrogen (secondary N) is 6. The van der Waals surface area contributed by atoms with Gasteiger partial charge < -0.3 is 36.3 Å². The zero-order chi connectivity index (χ0) is 29.1. The number of urea groups is 1. The average Bonchev–Trinajstić information content (AvgIpc) is 3.34. The van der Waals surface area contributed by atoms with Crippen molar-refractivity contribution >= 4 is 40.6 Å². The van der Waals surface area contributed by atoms with Crippen molar-refractivity contribution in [3.05, 3.63) is 48.2 Å². The van der Waals surface area contributed by atoms with Crippen LogP contribution in [0.4, 0.5) is 4.79 Å². The summed E-state index contributed by atoms with van der Waals surface area (Å²) in [5.41, 5.74) is 1.94. The Morgan fingerprint density at radius 1 is 1.12 bits per heavy atom. The lowest BCUT2D eigenvalue weighted by molar-refractivity contribution is -0.144. The van der Waals surface area contributed by atoms with Crippen molar-refractivity contribution in [2.24, 2.45) is 5.92 Å². The minimum atomic E-state index is -0.868. The van der Waals surface area contributed by atoms with Crippen molar-refractivity contribution in [3.63, 3.8) is 0 Å². The summed E-state index contributed by atoms with van der Waals surface area (Å²) in [5, 5.41) is 14.4. The second kappa shape index (κ2) is 14.7. The van der Waals surface area contributed by atoms with E-state index in [9.17, 15) is 24.0 Å². The molecule has 1 aliphatic rings. The summed E-state index contributed by atoms with van der Waals surface area (Å²) in [4.78, 5) is 65.5. The Balaban J connectivity index is 1.65. The first kappa shape index (κ1) is 30.2. The molecule has 0 spiro atoms. The van der Waals surface area contributed by atoms with Gasteiger partial charge in [-0.1, -0.05) is 38.1 Å². The maximum atomic E-state index is 13.3. The van der Waals surface area contributed by atoms with Crippen molar-refractivity contribution in [3.8, 4) is 0 Å². The Kier molecular flexibility index (Phi) is 11.1. The van der Waals surface area contributed by atoms with Gasteiger partial charge in [-0.2, -0.15) is 0 Å². The van der Waals surface area contributed by atoms with Crippen LogP contribution in [0.5, 0.6) is 0 Å². The molecule has 0 radical (unpaired) electrons. The highest BCUT2D eigenvalue weighted by molar-refractivity contribution is 5.91. The smallest absolute Gasteiger partial charge is 0.328 e. The van der Waals surface area contributed by atoms with Crippen LogP contribution in [0, 0.1) is 5.92 Å². The second-order valence-corrected chi connectivity index (χ2v) is 10.0. The number of carbonyl (C=O) groups is 5. The van der Waals surface area contributed by atoms with Gasteiger partial charge in [-0.3, -0.25) is 14.4 Å². The van der Waals surface area contributed by atoms with E-state index in [2.05, 4.69) is 31.6 Å². The highest BCUT2D eigenvalue weighted by atomic mass is 16.5. The molecule has 6 N–H and O–H groups in total. The Bertz CT molecular complexity index is 1240. The van der Waals surface area contributed by atoms with Crippen LogP contribution in [-0.2, 0) is 30.3 Å². The first-order chi connectivity index (χ1) is 19.2. The van der Waals surface area contributed by atoms with E-state index in [0.717, 1.165) is 16.5 Å². The lowest BCUT2D eigenvalue weighted by Crippen LogP contribution is -2.54. The van der Waals surface area contributed by atoms with Crippen LogP contribution in [0.3, 0.4) is 0 Å². The van der Waals surface area contributed by atoms with Crippen molar-refractivity contribution < 1.29 is 28.7 Å². The number of amides is 5. The van der Waals surface area contributed by atoms with Gasteiger partial charge in [0.05, 0.1) is 19.7 Å². The number of para-hydroxylation sites is 1. The first-order valence-electron chi connectivity index (χ1n) is 13.4. The molecule has 1 aliphatic heterocycles. The van der Waals surface area contributed by atoms with Gasteiger partial charge in [0.1, 0.15) is 12.1 Å². The van der Waals surface area contributed by atoms with Crippen LogP contribution in [0.15, 0.2) is 42.6 Å². The number of H-pyrrole nitrogens is 1. The summed E-state index contributed by atoms with van der Waals surface area (Å²) >= 11 is 0. The van der Waals surface area contributed by atoms with E-state index < -0.39 is 42.6 Å². The fraction of sp³-hybridized carbons (Fsp3) is 0.464. The van der Waals surface area contributed by atoms with Crippen LogP contribution in [0.1, 0.15) is 38.7 Å². The second-order valence-electron chi connectivity index (χ2n) is 10.0. The van der Waals surface area contributed by atoms with Gasteiger partial charge in [0.15, 0.2) is 0 Å². The maximum Gasteiger partial charge on any atom is 0.328 e. The minimum absolute atomic E-state index is 0.219. The lowest BCUT2D eigenvalue weighted by atomic mass is 10.0. The molecule has 0 fully saturated rings. The Morgan fingerprint density at radius 2 is 1.90 bits per heavy atom. The Hall–Kier alpha value is -4.35. The largest absolute Gasteiger partial charge is 0.467 e. The fourth-order valence-electron chi connectivity index (χ4n) is 4.43. The van der Waals surface area contributed by atoms with Gasteiger partial charge in [0.25, 0.3) is 0 Å². The van der Waals surface area contributed by atoms with Crippen molar-refractivity contribution in [2.75, 3.05) is 20.2 Å². The number of aromatic amines is 1. The van der Waals surface area contributed by atoms with Crippen molar-refractivity contribution in [1.82, 2.24) is 31.6 Å². The maximum absolute atomic E-state index is 13.3. The SMILES string of the molecule is COC(=O)[C@@H](NC(=O)NCC(=O)N[C@H]1CCCCNC(=O)/C=C/[C@H](Cc2c[nH]c3ccccc23)NC1=O)C(C)C. The zero-order valence-electron chi connectivity index (χ0n) is 23.0. The number of esters is 1. The quantitative estimate of drug-likeness (QED) is 0.266. The molecule has 0 bridgehead atoms. The van der Waals surface area contributed by atoms with E-state index in [0.29, 0.717) is 32.2 Å².